The maximum atomic E-state index is 2.27. The van der Waals surface area contributed by atoms with Crippen molar-refractivity contribution in [2.45, 2.75) is 0 Å². The van der Waals surface area contributed by atoms with Crippen molar-refractivity contribution in [2.24, 2.45) is 0 Å². The molecule has 0 N–H and O–H groups in total. The van der Waals surface area contributed by atoms with E-state index in [4.69, 9.17) is 0 Å². The summed E-state index contributed by atoms with van der Waals surface area (Å²) in [5, 5.41) is 0. The molecule has 0 fully saturated rings. The lowest BCUT2D eigenvalue weighted by Gasteiger charge is -2.25. The van der Waals surface area contributed by atoms with Gasteiger partial charge >= 0.3 is 0 Å². The predicted octanol–water partition coefficient (Wildman–Crippen LogP) is 9.30. The largest absolute Gasteiger partial charge is 0.311 e. The van der Waals surface area contributed by atoms with Crippen LogP contribution in [0.2, 0.25) is 0 Å². The van der Waals surface area contributed by atoms with Crippen molar-refractivity contribution >= 4 is 28.7 Å². The quantitative estimate of drug-likeness (QED) is 0.224. The summed E-state index contributed by atoms with van der Waals surface area (Å²) in [6.45, 7) is 0. The van der Waals surface area contributed by atoms with Gasteiger partial charge in [0.05, 0.1) is 0 Å². The third kappa shape index (κ3) is 5.48. The number of hydrogen-bond acceptors (Lipinski definition) is 1. The molecule has 0 unspecified atom stereocenters. The second-order valence-electron chi connectivity index (χ2n) is 8.27. The zero-order chi connectivity index (χ0) is 23.7. The van der Waals surface area contributed by atoms with Gasteiger partial charge in [0.25, 0.3) is 0 Å². The first-order valence-electron chi connectivity index (χ1n) is 11.9. The molecule has 5 aromatic carbocycles. The van der Waals surface area contributed by atoms with Crippen LogP contribution in [0, 0.1) is 0 Å². The highest BCUT2D eigenvalue weighted by molar-refractivity contribution is 5.82. The molecule has 0 heterocycles. The first kappa shape index (κ1) is 22.2. The van der Waals surface area contributed by atoms with Gasteiger partial charge in [-0.2, -0.15) is 0 Å². The normalized spacial score (nSPS) is 10.7. The highest BCUT2D eigenvalue weighted by atomic mass is 15.1. The zero-order valence-electron chi connectivity index (χ0n) is 19.5. The lowest BCUT2D eigenvalue weighted by Crippen LogP contribution is -2.09. The summed E-state index contributed by atoms with van der Waals surface area (Å²) in [6.07, 6.45) is 6.49. The molecule has 0 aliphatic carbocycles. The van der Waals surface area contributed by atoms with Crippen LogP contribution in [0.3, 0.4) is 0 Å². The van der Waals surface area contributed by atoms with Gasteiger partial charge in [-0.3, -0.25) is 0 Å². The van der Waals surface area contributed by atoms with Crippen LogP contribution in [0.15, 0.2) is 158 Å². The van der Waals surface area contributed by atoms with Gasteiger partial charge in [0.15, 0.2) is 0 Å². The molecule has 0 saturated heterocycles. The molecule has 0 aromatic heterocycles. The summed E-state index contributed by atoms with van der Waals surface area (Å²) >= 11 is 0. The van der Waals surface area contributed by atoms with Gasteiger partial charge in [0.2, 0.25) is 0 Å². The maximum absolute atomic E-state index is 2.27. The summed E-state index contributed by atoms with van der Waals surface area (Å²) in [4.78, 5) is 2.27. The number of nitrogens with zero attached hydrogens (tertiary/aromatic N) is 1. The molecule has 0 bridgehead atoms. The van der Waals surface area contributed by atoms with Gasteiger partial charge in [-0.15, -0.1) is 0 Å². The molecule has 0 radical (unpaired) electrons. The Morgan fingerprint density at radius 1 is 0.429 bits per heavy atom. The van der Waals surface area contributed by atoms with E-state index in [0.717, 1.165) is 22.6 Å². The zero-order valence-corrected chi connectivity index (χ0v) is 19.5. The van der Waals surface area contributed by atoms with E-state index in [-0.39, 0.29) is 0 Å². The Hall–Kier alpha value is -4.62. The minimum absolute atomic E-state index is 1.13. The van der Waals surface area contributed by atoms with Crippen molar-refractivity contribution < 1.29 is 0 Å². The van der Waals surface area contributed by atoms with Crippen LogP contribution >= 0.6 is 0 Å². The van der Waals surface area contributed by atoms with E-state index in [1.54, 1.807) is 0 Å². The third-order valence-electron chi connectivity index (χ3n) is 5.90. The Morgan fingerprint density at radius 3 is 1.29 bits per heavy atom. The van der Waals surface area contributed by atoms with E-state index < -0.39 is 0 Å². The molecule has 0 spiro atoms. The molecule has 0 amide bonds. The van der Waals surface area contributed by atoms with Crippen LogP contribution < -0.4 is 4.90 Å². The molecule has 0 aliphatic rings. The van der Waals surface area contributed by atoms with Gasteiger partial charge in [-0.05, 0) is 58.7 Å². The molecule has 35 heavy (non-hydrogen) atoms. The second-order valence-corrected chi connectivity index (χ2v) is 8.27. The lowest BCUT2D eigenvalue weighted by molar-refractivity contribution is 1.28. The number of rotatable bonds is 7. The topological polar surface area (TPSA) is 3.24 Å². The Morgan fingerprint density at radius 2 is 0.829 bits per heavy atom. The predicted molar refractivity (Wildman–Crippen MR) is 150 cm³/mol. The van der Waals surface area contributed by atoms with Crippen molar-refractivity contribution in [1.82, 2.24) is 0 Å². The highest BCUT2D eigenvalue weighted by Gasteiger charge is 2.11. The smallest absolute Gasteiger partial charge is 0.0462 e. The SMILES string of the molecule is C(=Cc1ccc(N(c2ccccc2)c2ccccc2)cc1)C=C(c1ccccc1)c1ccccc1. The van der Waals surface area contributed by atoms with Crippen LogP contribution in [-0.4, -0.2) is 0 Å². The molecule has 0 aliphatic heterocycles. The van der Waals surface area contributed by atoms with Crippen LogP contribution in [0.4, 0.5) is 17.1 Å². The van der Waals surface area contributed by atoms with Crippen molar-refractivity contribution in [3.05, 3.63) is 174 Å². The van der Waals surface area contributed by atoms with Gasteiger partial charge in [0.1, 0.15) is 0 Å². The average Bonchev–Trinajstić information content (AvgIpc) is 2.94. The molecule has 1 heteroatoms. The standard InChI is InChI=1S/C34H27N/c1-5-15-29(16-6-1)34(30-17-7-2-8-18-30)23-13-14-28-24-26-33(27-25-28)35(31-19-9-3-10-20-31)32-21-11-4-12-22-32/h1-27H. The number of hydrogen-bond donors (Lipinski definition) is 0. The van der Waals surface area contributed by atoms with Crippen LogP contribution in [0.5, 0.6) is 0 Å². The van der Waals surface area contributed by atoms with Crippen LogP contribution in [-0.2, 0) is 0 Å². The van der Waals surface area contributed by atoms with Crippen molar-refractivity contribution in [3.8, 4) is 0 Å². The number of benzene rings is 5. The van der Waals surface area contributed by atoms with Crippen LogP contribution in [0.25, 0.3) is 11.6 Å². The van der Waals surface area contributed by atoms with E-state index >= 15 is 0 Å². The average molecular weight is 450 g/mol. The molecular formula is C34H27N. The summed E-state index contributed by atoms with van der Waals surface area (Å²) in [6, 6.07) is 50.7. The van der Waals surface area contributed by atoms with E-state index in [1.165, 1.54) is 16.7 Å². The highest BCUT2D eigenvalue weighted by Crippen LogP contribution is 2.34. The third-order valence-corrected chi connectivity index (χ3v) is 5.90. The minimum atomic E-state index is 1.13. The summed E-state index contributed by atoms with van der Waals surface area (Å²) < 4.78 is 0. The van der Waals surface area contributed by atoms with E-state index in [0.29, 0.717) is 0 Å². The first-order chi connectivity index (χ1) is 17.4. The molecule has 5 rings (SSSR count). The summed E-state index contributed by atoms with van der Waals surface area (Å²) in [5.74, 6) is 0. The number of anilines is 3. The first-order valence-corrected chi connectivity index (χ1v) is 11.9. The van der Waals surface area contributed by atoms with E-state index in [1.807, 2.05) is 12.1 Å². The van der Waals surface area contributed by atoms with Crippen molar-refractivity contribution in [2.75, 3.05) is 4.90 Å². The fraction of sp³-hybridized carbons (Fsp3) is 0. The van der Waals surface area contributed by atoms with E-state index in [9.17, 15) is 0 Å². The second kappa shape index (κ2) is 11.0. The fourth-order valence-electron chi connectivity index (χ4n) is 4.19. The Balaban J connectivity index is 1.43. The molecular weight excluding hydrogens is 422 g/mol. The van der Waals surface area contributed by atoms with Crippen molar-refractivity contribution in [3.63, 3.8) is 0 Å². The Bertz CT molecular complexity index is 1300. The molecule has 168 valence electrons. The summed E-state index contributed by atoms with van der Waals surface area (Å²) in [5.41, 5.74) is 8.19. The fourth-order valence-corrected chi connectivity index (χ4v) is 4.19. The Labute approximate surface area is 208 Å². The number of allylic oxidation sites excluding steroid dienone is 2. The lowest BCUT2D eigenvalue weighted by atomic mass is 9.97. The molecule has 5 aromatic rings. The van der Waals surface area contributed by atoms with E-state index in [2.05, 4.69) is 157 Å². The molecule has 1 nitrogen and oxygen atoms in total. The monoisotopic (exact) mass is 449 g/mol. The van der Waals surface area contributed by atoms with Gasteiger partial charge in [0, 0.05) is 17.1 Å². The van der Waals surface area contributed by atoms with Gasteiger partial charge in [-0.1, -0.05) is 127 Å². The summed E-state index contributed by atoms with van der Waals surface area (Å²) in [7, 11) is 0. The van der Waals surface area contributed by atoms with Gasteiger partial charge in [-0.25, -0.2) is 0 Å². The maximum Gasteiger partial charge on any atom is 0.0462 e. The number of para-hydroxylation sites is 2. The van der Waals surface area contributed by atoms with Crippen molar-refractivity contribution in [1.29, 1.82) is 0 Å². The molecule has 0 atom stereocenters. The minimum Gasteiger partial charge on any atom is -0.311 e. The Kier molecular flexibility index (Phi) is 6.97. The van der Waals surface area contributed by atoms with Gasteiger partial charge < -0.3 is 4.90 Å². The van der Waals surface area contributed by atoms with Crippen LogP contribution in [0.1, 0.15) is 16.7 Å². The molecule has 0 saturated carbocycles.